The van der Waals surface area contributed by atoms with Crippen molar-refractivity contribution in [1.29, 1.82) is 0 Å². The maximum Gasteiger partial charge on any atom is 0.142 e. The molecule has 0 saturated heterocycles. The minimum Gasteiger partial charge on any atom is -0.489 e. The number of anilines is 1. The highest BCUT2D eigenvalue weighted by Gasteiger charge is 2.24. The SMILES string of the molecule is CCC1CCCCC1Nc1ccccc1OC(C)C. The number of rotatable bonds is 5. The predicted octanol–water partition coefficient (Wildman–Crippen LogP) is 4.85. The zero-order chi connectivity index (χ0) is 13.7. The van der Waals surface area contributed by atoms with Gasteiger partial charge in [0.1, 0.15) is 5.75 Å². The Labute approximate surface area is 117 Å². The number of ether oxygens (including phenoxy) is 1. The second kappa shape index (κ2) is 6.83. The fourth-order valence-electron chi connectivity index (χ4n) is 3.03. The molecule has 0 heterocycles. The lowest BCUT2D eigenvalue weighted by molar-refractivity contribution is 0.242. The molecule has 0 radical (unpaired) electrons. The standard InChI is InChI=1S/C17H27NO/c1-4-14-9-5-6-10-15(14)18-16-11-7-8-12-17(16)19-13(2)3/h7-8,11-15,18H,4-6,9-10H2,1-3H3. The summed E-state index contributed by atoms with van der Waals surface area (Å²) < 4.78 is 5.89. The maximum absolute atomic E-state index is 5.89. The van der Waals surface area contributed by atoms with Crippen molar-refractivity contribution < 1.29 is 4.74 Å². The van der Waals surface area contributed by atoms with Crippen LogP contribution < -0.4 is 10.1 Å². The van der Waals surface area contributed by atoms with E-state index < -0.39 is 0 Å². The third-order valence-electron chi connectivity index (χ3n) is 4.02. The number of hydrogen-bond acceptors (Lipinski definition) is 2. The van der Waals surface area contributed by atoms with Gasteiger partial charge in [0.25, 0.3) is 0 Å². The molecule has 0 spiro atoms. The van der Waals surface area contributed by atoms with Gasteiger partial charge < -0.3 is 10.1 Å². The highest BCUT2D eigenvalue weighted by molar-refractivity contribution is 5.57. The Hall–Kier alpha value is -1.18. The smallest absolute Gasteiger partial charge is 0.142 e. The molecule has 0 amide bonds. The average Bonchev–Trinajstić information content (AvgIpc) is 2.41. The predicted molar refractivity (Wildman–Crippen MR) is 81.9 cm³/mol. The molecule has 19 heavy (non-hydrogen) atoms. The zero-order valence-electron chi connectivity index (χ0n) is 12.5. The minimum absolute atomic E-state index is 0.219. The normalized spacial score (nSPS) is 23.4. The Bertz CT molecular complexity index is 389. The van der Waals surface area contributed by atoms with Crippen molar-refractivity contribution in [3.05, 3.63) is 24.3 Å². The van der Waals surface area contributed by atoms with E-state index in [0.29, 0.717) is 6.04 Å². The number of nitrogens with one attached hydrogen (secondary N) is 1. The fourth-order valence-corrected chi connectivity index (χ4v) is 3.03. The highest BCUT2D eigenvalue weighted by atomic mass is 16.5. The van der Waals surface area contributed by atoms with E-state index >= 15 is 0 Å². The van der Waals surface area contributed by atoms with Gasteiger partial charge in [-0.2, -0.15) is 0 Å². The van der Waals surface area contributed by atoms with Gasteiger partial charge in [0.2, 0.25) is 0 Å². The molecule has 1 N–H and O–H groups in total. The summed E-state index contributed by atoms with van der Waals surface area (Å²) in [5.41, 5.74) is 1.15. The van der Waals surface area contributed by atoms with Crippen molar-refractivity contribution in [2.75, 3.05) is 5.32 Å². The molecule has 1 fully saturated rings. The quantitative estimate of drug-likeness (QED) is 0.817. The molecule has 0 bridgehead atoms. The van der Waals surface area contributed by atoms with E-state index in [1.54, 1.807) is 0 Å². The minimum atomic E-state index is 0.219. The molecule has 2 nitrogen and oxygen atoms in total. The molecule has 1 aromatic carbocycles. The first-order valence-corrected chi connectivity index (χ1v) is 7.73. The van der Waals surface area contributed by atoms with Gasteiger partial charge in [-0.1, -0.05) is 38.3 Å². The van der Waals surface area contributed by atoms with Crippen LogP contribution in [0.15, 0.2) is 24.3 Å². The van der Waals surface area contributed by atoms with Crippen LogP contribution in [0, 0.1) is 5.92 Å². The first kappa shape index (κ1) is 14.2. The van der Waals surface area contributed by atoms with Crippen LogP contribution in [-0.4, -0.2) is 12.1 Å². The van der Waals surface area contributed by atoms with Gasteiger partial charge in [0, 0.05) is 6.04 Å². The van der Waals surface area contributed by atoms with E-state index in [0.717, 1.165) is 17.4 Å². The van der Waals surface area contributed by atoms with Crippen LogP contribution in [-0.2, 0) is 0 Å². The van der Waals surface area contributed by atoms with Crippen LogP contribution in [0.1, 0.15) is 52.9 Å². The van der Waals surface area contributed by atoms with Gasteiger partial charge in [-0.25, -0.2) is 0 Å². The summed E-state index contributed by atoms with van der Waals surface area (Å²) in [4.78, 5) is 0. The van der Waals surface area contributed by atoms with Gasteiger partial charge in [-0.3, -0.25) is 0 Å². The Morgan fingerprint density at radius 1 is 1.21 bits per heavy atom. The van der Waals surface area contributed by atoms with E-state index in [1.807, 2.05) is 6.07 Å². The summed E-state index contributed by atoms with van der Waals surface area (Å²) in [7, 11) is 0. The number of benzene rings is 1. The lowest BCUT2D eigenvalue weighted by atomic mass is 9.83. The lowest BCUT2D eigenvalue weighted by Gasteiger charge is -2.33. The van der Waals surface area contributed by atoms with E-state index in [4.69, 9.17) is 4.74 Å². The molecule has 0 aliphatic heterocycles. The van der Waals surface area contributed by atoms with Crippen molar-refractivity contribution in [2.45, 2.75) is 65.0 Å². The van der Waals surface area contributed by atoms with Gasteiger partial charge >= 0.3 is 0 Å². The second-order valence-corrected chi connectivity index (χ2v) is 5.87. The number of para-hydroxylation sites is 2. The van der Waals surface area contributed by atoms with Gasteiger partial charge in [0.15, 0.2) is 0 Å². The Morgan fingerprint density at radius 2 is 1.95 bits per heavy atom. The second-order valence-electron chi connectivity index (χ2n) is 5.87. The van der Waals surface area contributed by atoms with Crippen molar-refractivity contribution >= 4 is 5.69 Å². The molecular formula is C17H27NO. The molecule has 2 unspecified atom stereocenters. The highest BCUT2D eigenvalue weighted by Crippen LogP contribution is 2.32. The van der Waals surface area contributed by atoms with E-state index in [9.17, 15) is 0 Å². The van der Waals surface area contributed by atoms with Crippen LogP contribution in [0.3, 0.4) is 0 Å². The summed E-state index contributed by atoms with van der Waals surface area (Å²) in [5.74, 6) is 1.79. The van der Waals surface area contributed by atoms with Crippen molar-refractivity contribution in [1.82, 2.24) is 0 Å². The zero-order valence-corrected chi connectivity index (χ0v) is 12.5. The average molecular weight is 261 g/mol. The largest absolute Gasteiger partial charge is 0.489 e. The molecule has 2 atom stereocenters. The lowest BCUT2D eigenvalue weighted by Crippen LogP contribution is -2.32. The molecule has 2 heteroatoms. The van der Waals surface area contributed by atoms with Crippen LogP contribution in [0.2, 0.25) is 0 Å². The monoisotopic (exact) mass is 261 g/mol. The third-order valence-corrected chi connectivity index (χ3v) is 4.02. The van der Waals surface area contributed by atoms with Crippen LogP contribution in [0.5, 0.6) is 5.75 Å². The van der Waals surface area contributed by atoms with Crippen molar-refractivity contribution in [2.24, 2.45) is 5.92 Å². The molecule has 1 saturated carbocycles. The molecular weight excluding hydrogens is 234 g/mol. The first-order chi connectivity index (χ1) is 9.20. The summed E-state index contributed by atoms with van der Waals surface area (Å²) >= 11 is 0. The summed E-state index contributed by atoms with van der Waals surface area (Å²) in [6.45, 7) is 6.46. The molecule has 1 aliphatic carbocycles. The third kappa shape index (κ3) is 3.89. The van der Waals surface area contributed by atoms with Crippen molar-refractivity contribution in [3.63, 3.8) is 0 Å². The summed E-state index contributed by atoms with van der Waals surface area (Å²) in [5, 5.41) is 3.73. The Kier molecular flexibility index (Phi) is 5.12. The Morgan fingerprint density at radius 3 is 2.68 bits per heavy atom. The molecule has 0 aromatic heterocycles. The van der Waals surface area contributed by atoms with Crippen LogP contribution >= 0.6 is 0 Å². The molecule has 106 valence electrons. The topological polar surface area (TPSA) is 21.3 Å². The van der Waals surface area contributed by atoms with Crippen molar-refractivity contribution in [3.8, 4) is 5.75 Å². The van der Waals surface area contributed by atoms with E-state index in [-0.39, 0.29) is 6.10 Å². The molecule has 1 aliphatic rings. The van der Waals surface area contributed by atoms with Gasteiger partial charge in [-0.15, -0.1) is 0 Å². The van der Waals surface area contributed by atoms with Crippen LogP contribution in [0.4, 0.5) is 5.69 Å². The fraction of sp³-hybridized carbons (Fsp3) is 0.647. The summed E-state index contributed by atoms with van der Waals surface area (Å²) in [6, 6.07) is 8.93. The molecule has 2 rings (SSSR count). The molecule has 1 aromatic rings. The van der Waals surface area contributed by atoms with Gasteiger partial charge in [0.05, 0.1) is 11.8 Å². The van der Waals surface area contributed by atoms with E-state index in [1.165, 1.54) is 32.1 Å². The number of hydrogen-bond donors (Lipinski definition) is 1. The van der Waals surface area contributed by atoms with E-state index in [2.05, 4.69) is 44.3 Å². The maximum atomic E-state index is 5.89. The summed E-state index contributed by atoms with van der Waals surface area (Å²) in [6.07, 6.45) is 6.87. The first-order valence-electron chi connectivity index (χ1n) is 7.73. The van der Waals surface area contributed by atoms with Crippen LogP contribution in [0.25, 0.3) is 0 Å². The Balaban J connectivity index is 2.08. The van der Waals surface area contributed by atoms with Gasteiger partial charge in [-0.05, 0) is 44.7 Å².